The van der Waals surface area contributed by atoms with Crippen LogP contribution in [0.15, 0.2) is 60.7 Å². The number of carbonyl (C=O) groups is 2. The van der Waals surface area contributed by atoms with Gasteiger partial charge >= 0.3 is 5.97 Å². The van der Waals surface area contributed by atoms with Gasteiger partial charge in [0.25, 0.3) is 0 Å². The van der Waals surface area contributed by atoms with Crippen molar-refractivity contribution in [2.45, 2.75) is 44.6 Å². The van der Waals surface area contributed by atoms with Crippen LogP contribution < -0.4 is 5.32 Å². The molecule has 0 bridgehead atoms. The third kappa shape index (κ3) is 4.12. The lowest BCUT2D eigenvalue weighted by Gasteiger charge is -2.45. The molecular weight excluding hydrogens is 362 g/mol. The third-order valence-corrected chi connectivity index (χ3v) is 6.13. The molecule has 0 atom stereocenters. The van der Waals surface area contributed by atoms with Crippen LogP contribution in [-0.2, 0) is 16.0 Å². The molecule has 1 N–H and O–H groups in total. The maximum absolute atomic E-state index is 12.8. The van der Waals surface area contributed by atoms with Gasteiger partial charge in [0.15, 0.2) is 5.78 Å². The van der Waals surface area contributed by atoms with Crippen LogP contribution in [0.1, 0.15) is 54.1 Å². The molecule has 1 heterocycles. The van der Waals surface area contributed by atoms with Crippen LogP contribution in [0.25, 0.3) is 5.70 Å². The van der Waals surface area contributed by atoms with Gasteiger partial charge in [-0.15, -0.1) is 0 Å². The van der Waals surface area contributed by atoms with Crippen LogP contribution in [-0.4, -0.2) is 23.9 Å². The van der Waals surface area contributed by atoms with E-state index in [2.05, 4.69) is 23.5 Å². The van der Waals surface area contributed by atoms with Crippen LogP contribution >= 0.6 is 0 Å². The van der Waals surface area contributed by atoms with E-state index in [9.17, 15) is 9.59 Å². The number of hydrogen-bond donors (Lipinski definition) is 1. The molecule has 4 rings (SSSR count). The molecule has 2 aliphatic rings. The highest BCUT2D eigenvalue weighted by atomic mass is 16.5. The molecule has 2 aromatic rings. The van der Waals surface area contributed by atoms with Gasteiger partial charge in [-0.3, -0.25) is 9.59 Å². The van der Waals surface area contributed by atoms with Crippen LogP contribution in [0.2, 0.25) is 0 Å². The number of carbonyl (C=O) groups excluding carboxylic acids is 2. The van der Waals surface area contributed by atoms with Crippen LogP contribution in [0.4, 0.5) is 0 Å². The molecule has 0 unspecified atom stereocenters. The maximum Gasteiger partial charge on any atom is 0.308 e. The molecule has 29 heavy (non-hydrogen) atoms. The van der Waals surface area contributed by atoms with Crippen LogP contribution in [0.3, 0.4) is 0 Å². The number of fused-ring (bicyclic) bond motifs is 1. The molecule has 1 spiro atoms. The lowest BCUT2D eigenvalue weighted by molar-refractivity contribution is -0.149. The molecule has 0 radical (unpaired) electrons. The first-order valence-electron chi connectivity index (χ1n) is 10.4. The Morgan fingerprint density at radius 2 is 1.76 bits per heavy atom. The van der Waals surface area contributed by atoms with Crippen molar-refractivity contribution in [3.8, 4) is 0 Å². The van der Waals surface area contributed by atoms with E-state index >= 15 is 0 Å². The summed E-state index contributed by atoms with van der Waals surface area (Å²) in [6.45, 7) is 2.28. The minimum absolute atomic E-state index is 0.000151. The Hall–Kier alpha value is -2.88. The molecule has 150 valence electrons. The van der Waals surface area contributed by atoms with E-state index in [-0.39, 0.29) is 23.2 Å². The number of ketones is 1. The first kappa shape index (κ1) is 19.4. The highest BCUT2D eigenvalue weighted by molar-refractivity contribution is 6.08. The summed E-state index contributed by atoms with van der Waals surface area (Å²) < 4.78 is 5.22. The van der Waals surface area contributed by atoms with Crippen molar-refractivity contribution in [3.63, 3.8) is 0 Å². The van der Waals surface area contributed by atoms with E-state index in [1.165, 1.54) is 5.56 Å². The lowest BCUT2D eigenvalue weighted by atomic mass is 9.70. The maximum atomic E-state index is 12.8. The minimum Gasteiger partial charge on any atom is -0.466 e. The van der Waals surface area contributed by atoms with Crippen molar-refractivity contribution in [2.75, 3.05) is 6.61 Å². The first-order chi connectivity index (χ1) is 14.1. The molecule has 0 amide bonds. The monoisotopic (exact) mass is 389 g/mol. The normalized spacial score (nSPS) is 24.6. The fourth-order valence-corrected chi connectivity index (χ4v) is 4.60. The molecule has 4 heteroatoms. The molecule has 1 aliphatic heterocycles. The number of rotatable bonds is 4. The number of esters is 1. The predicted octanol–water partition coefficient (Wildman–Crippen LogP) is 4.55. The third-order valence-electron chi connectivity index (χ3n) is 6.13. The molecule has 0 aromatic heterocycles. The average molecular weight is 389 g/mol. The van der Waals surface area contributed by atoms with Crippen LogP contribution in [0.5, 0.6) is 0 Å². The molecule has 2 aromatic carbocycles. The van der Waals surface area contributed by atoms with Gasteiger partial charge in [0.1, 0.15) is 0 Å². The molecule has 1 saturated carbocycles. The van der Waals surface area contributed by atoms with E-state index in [1.54, 1.807) is 6.08 Å². The molecular formula is C25H27NO3. The minimum atomic E-state index is -0.111. The highest BCUT2D eigenvalue weighted by Gasteiger charge is 2.41. The molecule has 1 aliphatic carbocycles. The van der Waals surface area contributed by atoms with Crippen molar-refractivity contribution >= 4 is 17.4 Å². The fourth-order valence-electron chi connectivity index (χ4n) is 4.60. The van der Waals surface area contributed by atoms with Crippen molar-refractivity contribution in [1.29, 1.82) is 0 Å². The van der Waals surface area contributed by atoms with E-state index in [4.69, 9.17) is 4.74 Å². The van der Waals surface area contributed by atoms with Crippen molar-refractivity contribution in [1.82, 2.24) is 5.32 Å². The standard InChI is InChI=1S/C25H27NO3/c1-2-29-24(28)19-12-14-25(15-13-19)17-20-10-6-7-11-21(20)22(26-25)16-23(27)18-8-4-3-5-9-18/h3-11,16,19,26H,2,12-15,17H2,1H3/b22-16-. The molecule has 1 fully saturated rings. The van der Waals surface area contributed by atoms with Crippen molar-refractivity contribution in [3.05, 3.63) is 77.4 Å². The van der Waals surface area contributed by atoms with E-state index in [0.717, 1.165) is 43.4 Å². The van der Waals surface area contributed by atoms with Gasteiger partial charge in [0, 0.05) is 28.4 Å². The topological polar surface area (TPSA) is 55.4 Å². The van der Waals surface area contributed by atoms with Gasteiger partial charge in [-0.25, -0.2) is 0 Å². The van der Waals surface area contributed by atoms with Gasteiger partial charge in [0.2, 0.25) is 0 Å². The summed E-state index contributed by atoms with van der Waals surface area (Å²) in [7, 11) is 0. The second-order valence-electron chi connectivity index (χ2n) is 8.05. The Kier molecular flexibility index (Phi) is 5.52. The van der Waals surface area contributed by atoms with Gasteiger partial charge in [0.05, 0.1) is 12.5 Å². The summed E-state index contributed by atoms with van der Waals surface area (Å²) in [5.41, 5.74) is 3.81. The zero-order valence-electron chi connectivity index (χ0n) is 16.8. The summed E-state index contributed by atoms with van der Waals surface area (Å²) in [5.74, 6) is -0.0910. The Bertz CT molecular complexity index is 924. The summed E-state index contributed by atoms with van der Waals surface area (Å²) in [6, 6.07) is 17.6. The number of nitrogens with one attached hydrogen (secondary N) is 1. The summed E-state index contributed by atoms with van der Waals surface area (Å²) in [5, 5.41) is 3.71. The SMILES string of the molecule is CCOC(=O)C1CCC2(CC1)Cc1ccccc1/C(=C/C(=O)c1ccccc1)N2. The van der Waals surface area contributed by atoms with Crippen LogP contribution in [0, 0.1) is 5.92 Å². The number of benzene rings is 2. The Balaban J connectivity index is 1.60. The second kappa shape index (κ2) is 8.24. The van der Waals surface area contributed by atoms with Crippen molar-refractivity contribution in [2.24, 2.45) is 5.92 Å². The lowest BCUT2D eigenvalue weighted by Crippen LogP contribution is -2.52. The van der Waals surface area contributed by atoms with Gasteiger partial charge in [-0.05, 0) is 44.6 Å². The number of hydrogen-bond acceptors (Lipinski definition) is 4. The predicted molar refractivity (Wildman–Crippen MR) is 113 cm³/mol. The van der Waals surface area contributed by atoms with E-state index in [1.807, 2.05) is 43.3 Å². The quantitative estimate of drug-likeness (QED) is 0.474. The Morgan fingerprint density at radius 1 is 1.07 bits per heavy atom. The van der Waals surface area contributed by atoms with Gasteiger partial charge < -0.3 is 10.1 Å². The summed E-state index contributed by atoms with van der Waals surface area (Å²) >= 11 is 0. The average Bonchev–Trinajstić information content (AvgIpc) is 2.75. The molecule has 0 saturated heterocycles. The molecule has 4 nitrogen and oxygen atoms in total. The van der Waals surface area contributed by atoms with Crippen molar-refractivity contribution < 1.29 is 14.3 Å². The Morgan fingerprint density at radius 3 is 2.48 bits per heavy atom. The second-order valence-corrected chi connectivity index (χ2v) is 8.05. The smallest absolute Gasteiger partial charge is 0.308 e. The first-order valence-corrected chi connectivity index (χ1v) is 10.4. The zero-order valence-corrected chi connectivity index (χ0v) is 16.8. The largest absolute Gasteiger partial charge is 0.466 e. The Labute approximate surface area is 172 Å². The highest BCUT2D eigenvalue weighted by Crippen LogP contribution is 2.40. The fraction of sp³-hybridized carbons (Fsp3) is 0.360. The van der Waals surface area contributed by atoms with Gasteiger partial charge in [-0.2, -0.15) is 0 Å². The summed E-state index contributed by atoms with van der Waals surface area (Å²) in [6.07, 6.45) is 6.05. The number of allylic oxidation sites excluding steroid dienone is 1. The van der Waals surface area contributed by atoms with E-state index < -0.39 is 0 Å². The van der Waals surface area contributed by atoms with Gasteiger partial charge in [-0.1, -0.05) is 54.6 Å². The number of ether oxygens (including phenoxy) is 1. The summed E-state index contributed by atoms with van der Waals surface area (Å²) in [4.78, 5) is 25.0. The zero-order chi connectivity index (χ0) is 20.3. The van der Waals surface area contributed by atoms with E-state index in [0.29, 0.717) is 12.2 Å².